The number of carbonyl (C=O) groups excluding carboxylic acids is 2. The van der Waals surface area contributed by atoms with Gasteiger partial charge in [0.25, 0.3) is 11.8 Å². The summed E-state index contributed by atoms with van der Waals surface area (Å²) in [6.07, 6.45) is 4.43. The van der Waals surface area contributed by atoms with Gasteiger partial charge in [0.05, 0.1) is 51.4 Å². The average molecular weight is 353 g/mol. The van der Waals surface area contributed by atoms with Crippen LogP contribution in [0.1, 0.15) is 40.2 Å². The largest absolute Gasteiger partial charge is 0.458 e. The molecule has 0 radical (unpaired) electrons. The molecule has 25 heavy (non-hydrogen) atoms. The van der Waals surface area contributed by atoms with Crippen LogP contribution in [-0.2, 0) is 18.9 Å². The molecule has 1 fully saturated rings. The Kier molecular flexibility index (Phi) is 6.57. The second-order valence-corrected chi connectivity index (χ2v) is 5.82. The molecule has 3 rings (SSSR count). The van der Waals surface area contributed by atoms with Crippen molar-refractivity contribution in [1.82, 2.24) is 4.90 Å². The first-order valence-electron chi connectivity index (χ1n) is 8.60. The van der Waals surface area contributed by atoms with Gasteiger partial charge in [-0.05, 0) is 25.3 Å². The van der Waals surface area contributed by atoms with E-state index in [1.165, 1.54) is 12.3 Å². The minimum atomic E-state index is -0.410. The van der Waals surface area contributed by atoms with Gasteiger partial charge < -0.3 is 23.4 Å². The third kappa shape index (κ3) is 4.66. The molecule has 1 aromatic rings. The summed E-state index contributed by atoms with van der Waals surface area (Å²) in [7, 11) is 0. The number of ether oxygens (including phenoxy) is 4. The van der Waals surface area contributed by atoms with Gasteiger partial charge in [-0.15, -0.1) is 0 Å². The van der Waals surface area contributed by atoms with Crippen molar-refractivity contribution in [3.63, 3.8) is 0 Å². The van der Waals surface area contributed by atoms with E-state index in [1.807, 2.05) is 0 Å². The van der Waals surface area contributed by atoms with Gasteiger partial charge in [-0.2, -0.15) is 0 Å². The van der Waals surface area contributed by atoms with Crippen molar-refractivity contribution in [2.24, 2.45) is 0 Å². The third-order valence-corrected chi connectivity index (χ3v) is 4.08. The zero-order valence-corrected chi connectivity index (χ0v) is 14.1. The van der Waals surface area contributed by atoms with E-state index in [2.05, 4.69) is 0 Å². The fourth-order valence-corrected chi connectivity index (χ4v) is 2.77. The van der Waals surface area contributed by atoms with Crippen molar-refractivity contribution in [1.29, 1.82) is 0 Å². The number of rotatable bonds is 10. The van der Waals surface area contributed by atoms with E-state index in [4.69, 9.17) is 23.4 Å². The molecule has 1 saturated heterocycles. The van der Waals surface area contributed by atoms with Crippen LogP contribution in [-0.4, -0.2) is 69.2 Å². The molecule has 0 aromatic carbocycles. The summed E-state index contributed by atoms with van der Waals surface area (Å²) >= 11 is 0. The number of fused-ring (bicyclic) bond motifs is 1. The molecule has 0 aliphatic carbocycles. The molecule has 1 aromatic heterocycles. The molecule has 0 spiro atoms. The first-order chi connectivity index (χ1) is 12.3. The lowest BCUT2D eigenvalue weighted by Gasteiger charge is -2.22. The van der Waals surface area contributed by atoms with Crippen LogP contribution < -0.4 is 0 Å². The molecule has 0 N–H and O–H groups in total. The topological polar surface area (TPSA) is 87.4 Å². The molecule has 138 valence electrons. The Hall–Kier alpha value is -1.74. The smallest absolute Gasteiger partial charge is 0.297 e. The van der Waals surface area contributed by atoms with Crippen LogP contribution in [0.15, 0.2) is 16.7 Å². The van der Waals surface area contributed by atoms with Gasteiger partial charge in [-0.25, -0.2) is 0 Å². The number of hydrogen-bond acceptors (Lipinski definition) is 7. The highest BCUT2D eigenvalue weighted by molar-refractivity contribution is 6.19. The molecule has 8 heteroatoms. The highest BCUT2D eigenvalue weighted by atomic mass is 16.7. The second-order valence-electron chi connectivity index (χ2n) is 5.82. The maximum atomic E-state index is 12.0. The van der Waals surface area contributed by atoms with Gasteiger partial charge in [0.1, 0.15) is 0 Å². The van der Waals surface area contributed by atoms with Crippen LogP contribution in [0.4, 0.5) is 0 Å². The lowest BCUT2D eigenvalue weighted by Crippen LogP contribution is -2.33. The summed E-state index contributed by atoms with van der Waals surface area (Å²) in [5.41, 5.74) is 0.315. The molecule has 1 unspecified atom stereocenters. The van der Waals surface area contributed by atoms with Crippen molar-refractivity contribution in [3.8, 4) is 0 Å². The van der Waals surface area contributed by atoms with Gasteiger partial charge >= 0.3 is 0 Å². The maximum Gasteiger partial charge on any atom is 0.297 e. The lowest BCUT2D eigenvalue weighted by molar-refractivity contribution is -0.169. The molecule has 1 atom stereocenters. The summed E-state index contributed by atoms with van der Waals surface area (Å²) in [4.78, 5) is 25.1. The summed E-state index contributed by atoms with van der Waals surface area (Å²) in [6.45, 7) is 3.01. The number of nitrogens with zero attached hydrogens (tertiary/aromatic N) is 1. The summed E-state index contributed by atoms with van der Waals surface area (Å²) in [5.74, 6) is -0.641. The van der Waals surface area contributed by atoms with Gasteiger partial charge in [0.15, 0.2) is 6.29 Å². The molecular formula is C17H23NO7. The fraction of sp³-hybridized carbons (Fsp3) is 0.647. The van der Waals surface area contributed by atoms with Gasteiger partial charge in [0.2, 0.25) is 5.76 Å². The van der Waals surface area contributed by atoms with Gasteiger partial charge in [-0.3, -0.25) is 14.5 Å². The van der Waals surface area contributed by atoms with Gasteiger partial charge in [0, 0.05) is 6.61 Å². The Morgan fingerprint density at radius 2 is 1.84 bits per heavy atom. The van der Waals surface area contributed by atoms with Crippen LogP contribution in [0, 0.1) is 0 Å². The minimum Gasteiger partial charge on any atom is -0.458 e. The predicted molar refractivity (Wildman–Crippen MR) is 85.3 cm³/mol. The number of carbonyl (C=O) groups is 2. The first-order valence-corrected chi connectivity index (χ1v) is 8.60. The van der Waals surface area contributed by atoms with Crippen molar-refractivity contribution < 1.29 is 33.0 Å². The van der Waals surface area contributed by atoms with E-state index in [0.717, 1.165) is 30.8 Å². The number of furan rings is 1. The monoisotopic (exact) mass is 353 g/mol. The Balaban J connectivity index is 1.19. The molecule has 2 aliphatic rings. The normalized spacial score (nSPS) is 20.3. The lowest BCUT2D eigenvalue weighted by atomic mass is 10.2. The molecule has 3 heterocycles. The Morgan fingerprint density at radius 3 is 2.60 bits per heavy atom. The SMILES string of the molecule is O=C1c2ccoc2C(=O)N1CCOCCOCCOC1CCCCO1. The van der Waals surface area contributed by atoms with E-state index in [1.54, 1.807) is 0 Å². The number of imide groups is 1. The minimum absolute atomic E-state index is 0.0989. The van der Waals surface area contributed by atoms with Crippen molar-refractivity contribution in [2.45, 2.75) is 25.6 Å². The van der Waals surface area contributed by atoms with Gasteiger partial charge in [-0.1, -0.05) is 0 Å². The average Bonchev–Trinajstić information content (AvgIpc) is 3.20. The molecular weight excluding hydrogens is 330 g/mol. The fourth-order valence-electron chi connectivity index (χ4n) is 2.77. The standard InChI is InChI=1S/C17H23NO7/c19-16-13-4-7-25-15(13)17(20)18(16)5-8-21-9-10-22-11-12-24-14-3-1-2-6-23-14/h4,7,14H,1-3,5-6,8-12H2. The molecule has 2 aliphatic heterocycles. The highest BCUT2D eigenvalue weighted by Gasteiger charge is 2.38. The zero-order chi connectivity index (χ0) is 17.5. The quantitative estimate of drug-likeness (QED) is 0.465. The third-order valence-electron chi connectivity index (χ3n) is 4.08. The van der Waals surface area contributed by atoms with E-state index < -0.39 is 5.91 Å². The second kappa shape index (κ2) is 9.10. The summed E-state index contributed by atoms with van der Waals surface area (Å²) in [6, 6.07) is 1.50. The highest BCUT2D eigenvalue weighted by Crippen LogP contribution is 2.23. The van der Waals surface area contributed by atoms with E-state index in [9.17, 15) is 9.59 Å². The molecule has 2 amide bonds. The predicted octanol–water partition coefficient (Wildman–Crippen LogP) is 1.45. The van der Waals surface area contributed by atoms with Crippen LogP contribution in [0.3, 0.4) is 0 Å². The Labute approximate surface area is 145 Å². The van der Waals surface area contributed by atoms with E-state index in [-0.39, 0.29) is 31.1 Å². The molecule has 0 saturated carbocycles. The van der Waals surface area contributed by atoms with Crippen molar-refractivity contribution in [2.75, 3.05) is 46.2 Å². The first kappa shape index (κ1) is 18.1. The number of hydrogen-bond donors (Lipinski definition) is 0. The van der Waals surface area contributed by atoms with Crippen LogP contribution in [0.2, 0.25) is 0 Å². The molecule has 8 nitrogen and oxygen atoms in total. The zero-order valence-electron chi connectivity index (χ0n) is 14.1. The van der Waals surface area contributed by atoms with Crippen LogP contribution in [0.5, 0.6) is 0 Å². The Bertz CT molecular complexity index is 549. The molecule has 0 bridgehead atoms. The van der Waals surface area contributed by atoms with E-state index >= 15 is 0 Å². The summed E-state index contributed by atoms with van der Waals surface area (Å²) < 4.78 is 26.8. The van der Waals surface area contributed by atoms with Crippen LogP contribution >= 0.6 is 0 Å². The van der Waals surface area contributed by atoms with Crippen molar-refractivity contribution >= 4 is 11.8 Å². The van der Waals surface area contributed by atoms with Crippen LogP contribution in [0.25, 0.3) is 0 Å². The maximum absolute atomic E-state index is 12.0. The Morgan fingerprint density at radius 1 is 1.04 bits per heavy atom. The van der Waals surface area contributed by atoms with E-state index in [0.29, 0.717) is 32.0 Å². The summed E-state index contributed by atoms with van der Waals surface area (Å²) in [5, 5.41) is 0. The van der Waals surface area contributed by atoms with Crippen molar-refractivity contribution in [3.05, 3.63) is 23.7 Å². The number of amides is 2.